The zero-order valence-corrected chi connectivity index (χ0v) is 9.32. The molecule has 0 bridgehead atoms. The summed E-state index contributed by atoms with van der Waals surface area (Å²) in [5, 5.41) is 4.34. The van der Waals surface area contributed by atoms with Gasteiger partial charge >= 0.3 is 0 Å². The molecule has 0 fully saturated rings. The minimum absolute atomic E-state index is 0.235. The van der Waals surface area contributed by atoms with E-state index in [9.17, 15) is 0 Å². The van der Waals surface area contributed by atoms with Crippen molar-refractivity contribution in [1.29, 1.82) is 0 Å². The van der Waals surface area contributed by atoms with Gasteiger partial charge in [0.1, 0.15) is 0 Å². The summed E-state index contributed by atoms with van der Waals surface area (Å²) in [6, 6.07) is 2.33. The highest BCUT2D eigenvalue weighted by Crippen LogP contribution is 2.26. The fourth-order valence-corrected chi connectivity index (χ4v) is 2.16. The number of hydrogen-bond acceptors (Lipinski definition) is 2. The van der Waals surface area contributed by atoms with E-state index in [0.717, 1.165) is 25.8 Å². The molecule has 0 saturated heterocycles. The molecule has 0 aliphatic heterocycles. The van der Waals surface area contributed by atoms with Crippen molar-refractivity contribution in [3.63, 3.8) is 0 Å². The van der Waals surface area contributed by atoms with E-state index in [4.69, 9.17) is 5.73 Å². The maximum Gasteiger partial charge on any atom is 0.0639 e. The van der Waals surface area contributed by atoms with E-state index < -0.39 is 0 Å². The van der Waals surface area contributed by atoms with Crippen molar-refractivity contribution in [2.24, 2.45) is 5.73 Å². The quantitative estimate of drug-likeness (QED) is 0.822. The zero-order chi connectivity index (χ0) is 10.7. The Morgan fingerprint density at radius 3 is 3.20 bits per heavy atom. The molecule has 82 valence electrons. The van der Waals surface area contributed by atoms with Crippen molar-refractivity contribution in [2.45, 2.75) is 45.2 Å². The first-order valence-corrected chi connectivity index (χ1v) is 5.79. The highest BCUT2D eigenvalue weighted by molar-refractivity contribution is 5.64. The third-order valence-electron chi connectivity index (χ3n) is 2.88. The van der Waals surface area contributed by atoms with E-state index in [1.165, 1.54) is 17.7 Å². The second kappa shape index (κ2) is 4.62. The smallest absolute Gasteiger partial charge is 0.0639 e. The second-order valence-corrected chi connectivity index (χ2v) is 4.19. The van der Waals surface area contributed by atoms with Crippen LogP contribution in [0.15, 0.2) is 18.3 Å². The molecule has 1 aliphatic rings. The lowest BCUT2D eigenvalue weighted by atomic mass is 9.94. The molecule has 2 rings (SSSR count). The molecule has 1 atom stereocenters. The van der Waals surface area contributed by atoms with Gasteiger partial charge in [-0.3, -0.25) is 4.68 Å². The summed E-state index contributed by atoms with van der Waals surface area (Å²) in [6.45, 7) is 3.17. The molecular formula is C12H19N3. The van der Waals surface area contributed by atoms with Gasteiger partial charge in [0.25, 0.3) is 0 Å². The number of aromatic nitrogens is 2. The van der Waals surface area contributed by atoms with Crippen LogP contribution >= 0.6 is 0 Å². The summed E-state index contributed by atoms with van der Waals surface area (Å²) >= 11 is 0. The fourth-order valence-electron chi connectivity index (χ4n) is 2.16. The van der Waals surface area contributed by atoms with Gasteiger partial charge in [-0.1, -0.05) is 13.0 Å². The Labute approximate surface area is 91.0 Å². The predicted octanol–water partition coefficient (Wildman–Crippen LogP) is 2.19. The van der Waals surface area contributed by atoms with Crippen LogP contribution in [0.3, 0.4) is 0 Å². The first kappa shape index (κ1) is 10.4. The van der Waals surface area contributed by atoms with Crippen LogP contribution < -0.4 is 5.73 Å². The second-order valence-electron chi connectivity index (χ2n) is 4.19. The molecule has 1 unspecified atom stereocenters. The van der Waals surface area contributed by atoms with Crippen LogP contribution in [0.2, 0.25) is 0 Å². The average molecular weight is 205 g/mol. The van der Waals surface area contributed by atoms with Crippen LogP contribution in [0.4, 0.5) is 0 Å². The Balaban J connectivity index is 2.24. The standard InChI is InChI=1S/C12H19N3/c1-2-8-15-12(6-7-14-15)10-4-3-5-11(13)9-10/h6-7,9,11H,2-5,8,13H2,1H3. The van der Waals surface area contributed by atoms with E-state index in [2.05, 4.69) is 28.8 Å². The third-order valence-corrected chi connectivity index (χ3v) is 2.88. The highest BCUT2D eigenvalue weighted by atomic mass is 15.3. The maximum absolute atomic E-state index is 5.95. The first-order chi connectivity index (χ1) is 7.31. The van der Waals surface area contributed by atoms with Crippen LogP contribution in [0.5, 0.6) is 0 Å². The van der Waals surface area contributed by atoms with Crippen molar-refractivity contribution in [3.05, 3.63) is 24.0 Å². The molecule has 0 radical (unpaired) electrons. The molecule has 0 saturated carbocycles. The maximum atomic E-state index is 5.95. The first-order valence-electron chi connectivity index (χ1n) is 5.79. The molecule has 0 amide bonds. The zero-order valence-electron chi connectivity index (χ0n) is 9.32. The molecule has 0 aromatic carbocycles. The van der Waals surface area contributed by atoms with Gasteiger partial charge < -0.3 is 5.73 Å². The van der Waals surface area contributed by atoms with E-state index in [0.29, 0.717) is 0 Å². The average Bonchev–Trinajstić information content (AvgIpc) is 2.66. The van der Waals surface area contributed by atoms with Crippen molar-refractivity contribution >= 4 is 5.57 Å². The van der Waals surface area contributed by atoms with Gasteiger partial charge in [-0.15, -0.1) is 0 Å². The molecule has 15 heavy (non-hydrogen) atoms. The Morgan fingerprint density at radius 1 is 1.60 bits per heavy atom. The van der Waals surface area contributed by atoms with Crippen LogP contribution in [-0.4, -0.2) is 15.8 Å². The number of aryl methyl sites for hydroxylation is 1. The summed E-state index contributed by atoms with van der Waals surface area (Å²) in [5.41, 5.74) is 8.58. The predicted molar refractivity (Wildman–Crippen MR) is 62.3 cm³/mol. The lowest BCUT2D eigenvalue weighted by Gasteiger charge is -2.18. The van der Waals surface area contributed by atoms with E-state index in [1.54, 1.807) is 0 Å². The van der Waals surface area contributed by atoms with Gasteiger partial charge in [0, 0.05) is 18.8 Å². The summed E-state index contributed by atoms with van der Waals surface area (Å²) in [5.74, 6) is 0. The van der Waals surface area contributed by atoms with Gasteiger partial charge in [0.05, 0.1) is 5.69 Å². The molecule has 1 heterocycles. The van der Waals surface area contributed by atoms with Crippen molar-refractivity contribution in [1.82, 2.24) is 9.78 Å². The number of rotatable bonds is 3. The number of nitrogens with zero attached hydrogens (tertiary/aromatic N) is 2. The van der Waals surface area contributed by atoms with Crippen molar-refractivity contribution in [3.8, 4) is 0 Å². The van der Waals surface area contributed by atoms with Gasteiger partial charge in [-0.05, 0) is 37.3 Å². The minimum Gasteiger partial charge on any atom is -0.324 e. The molecule has 1 aromatic heterocycles. The van der Waals surface area contributed by atoms with Gasteiger partial charge in [0.2, 0.25) is 0 Å². The molecule has 0 spiro atoms. The lowest BCUT2D eigenvalue weighted by Crippen LogP contribution is -2.20. The fraction of sp³-hybridized carbons (Fsp3) is 0.583. The monoisotopic (exact) mass is 205 g/mol. The summed E-state index contributed by atoms with van der Waals surface area (Å²) in [6.07, 6.45) is 8.66. The lowest BCUT2D eigenvalue weighted by molar-refractivity contribution is 0.587. The number of nitrogens with two attached hydrogens (primary N) is 1. The Morgan fingerprint density at radius 2 is 2.47 bits per heavy atom. The summed E-state index contributed by atoms with van der Waals surface area (Å²) in [7, 11) is 0. The van der Waals surface area contributed by atoms with Crippen LogP contribution in [0.1, 0.15) is 38.3 Å². The van der Waals surface area contributed by atoms with E-state index in [1.807, 2.05) is 6.20 Å². The minimum atomic E-state index is 0.235. The summed E-state index contributed by atoms with van der Waals surface area (Å²) in [4.78, 5) is 0. The number of allylic oxidation sites excluding steroid dienone is 1. The molecule has 3 nitrogen and oxygen atoms in total. The van der Waals surface area contributed by atoms with Gasteiger partial charge in [-0.2, -0.15) is 5.10 Å². The molecule has 3 heteroatoms. The number of hydrogen-bond donors (Lipinski definition) is 1. The SMILES string of the molecule is CCCn1nccc1C1=CC(N)CCC1. The summed E-state index contributed by atoms with van der Waals surface area (Å²) < 4.78 is 2.09. The molecular weight excluding hydrogens is 186 g/mol. The highest BCUT2D eigenvalue weighted by Gasteiger charge is 2.14. The van der Waals surface area contributed by atoms with Crippen molar-refractivity contribution < 1.29 is 0 Å². The van der Waals surface area contributed by atoms with Gasteiger partial charge in [0.15, 0.2) is 0 Å². The van der Waals surface area contributed by atoms with E-state index in [-0.39, 0.29) is 6.04 Å². The van der Waals surface area contributed by atoms with Crippen LogP contribution in [0, 0.1) is 0 Å². The third kappa shape index (κ3) is 2.29. The Kier molecular flexibility index (Phi) is 3.21. The van der Waals surface area contributed by atoms with Crippen molar-refractivity contribution in [2.75, 3.05) is 0 Å². The van der Waals surface area contributed by atoms with Gasteiger partial charge in [-0.25, -0.2) is 0 Å². The van der Waals surface area contributed by atoms with E-state index >= 15 is 0 Å². The van der Waals surface area contributed by atoms with Crippen LogP contribution in [-0.2, 0) is 6.54 Å². The Bertz CT molecular complexity index is 352. The molecule has 1 aliphatic carbocycles. The molecule has 2 N–H and O–H groups in total. The Hall–Kier alpha value is -1.09. The topological polar surface area (TPSA) is 43.8 Å². The molecule has 1 aromatic rings. The largest absolute Gasteiger partial charge is 0.324 e. The van der Waals surface area contributed by atoms with Crippen LogP contribution in [0.25, 0.3) is 5.57 Å². The normalized spacial score (nSPS) is 21.5.